The quantitative estimate of drug-likeness (QED) is 0.449. The molecule has 0 amide bonds. The van der Waals surface area contributed by atoms with E-state index in [1.54, 1.807) is 6.07 Å². The van der Waals surface area contributed by atoms with Crippen LogP contribution in [0.15, 0.2) is 18.2 Å². The van der Waals surface area contributed by atoms with Crippen LogP contribution in [0.2, 0.25) is 5.02 Å². The minimum absolute atomic E-state index is 0.00988. The summed E-state index contributed by atoms with van der Waals surface area (Å²) in [5.41, 5.74) is 0.743. The zero-order valence-corrected chi connectivity index (χ0v) is 9.83. The molecule has 6 heteroatoms. The number of nitrogens with one attached hydrogen (secondary N) is 1. The van der Waals surface area contributed by atoms with Gasteiger partial charge in [0.2, 0.25) is 0 Å². The van der Waals surface area contributed by atoms with Crippen molar-refractivity contribution < 1.29 is 10.2 Å². The molecule has 16 heavy (non-hydrogen) atoms. The highest BCUT2D eigenvalue weighted by atomic mass is 35.5. The molecule has 0 aliphatic rings. The van der Waals surface area contributed by atoms with Crippen LogP contribution in [-0.4, -0.2) is 24.6 Å². The highest BCUT2D eigenvalue weighted by Gasteiger charge is 2.08. The normalized spacial score (nSPS) is 10.1. The Balaban J connectivity index is 2.57. The first-order valence-corrected chi connectivity index (χ1v) is 5.52. The average molecular weight is 245 g/mol. The fraction of sp³-hybridized carbons (Fsp3) is 0.400. The van der Waals surface area contributed by atoms with Crippen molar-refractivity contribution >= 4 is 23.0 Å². The molecule has 0 aliphatic carbocycles. The van der Waals surface area contributed by atoms with Gasteiger partial charge in [0.05, 0.1) is 35.3 Å². The molecule has 0 heterocycles. The summed E-state index contributed by atoms with van der Waals surface area (Å²) < 4.78 is 0. The van der Waals surface area contributed by atoms with Crippen molar-refractivity contribution in [1.82, 2.24) is 0 Å². The first kappa shape index (κ1) is 12.7. The van der Waals surface area contributed by atoms with Gasteiger partial charge in [-0.1, -0.05) is 11.6 Å². The SMILES string of the molecule is CC[NH2+]CCNc1ccc([N+](=O)[O-])cc1Cl. The third-order valence-corrected chi connectivity index (χ3v) is 2.43. The second kappa shape index (κ2) is 6.30. The lowest BCUT2D eigenvalue weighted by molar-refractivity contribution is -0.648. The molecule has 0 atom stereocenters. The predicted octanol–water partition coefficient (Wildman–Crippen LogP) is 1.24. The van der Waals surface area contributed by atoms with E-state index in [0.717, 1.165) is 25.3 Å². The van der Waals surface area contributed by atoms with Crippen molar-refractivity contribution in [2.45, 2.75) is 6.92 Å². The molecule has 1 rings (SSSR count). The zero-order valence-electron chi connectivity index (χ0n) is 9.07. The number of quaternary nitrogens is 1. The van der Waals surface area contributed by atoms with Gasteiger partial charge in [-0.25, -0.2) is 0 Å². The van der Waals surface area contributed by atoms with Crippen LogP contribution in [0.1, 0.15) is 6.92 Å². The van der Waals surface area contributed by atoms with Gasteiger partial charge in [0.1, 0.15) is 0 Å². The Morgan fingerprint density at radius 2 is 2.31 bits per heavy atom. The van der Waals surface area contributed by atoms with Gasteiger partial charge in [0.25, 0.3) is 5.69 Å². The minimum atomic E-state index is -0.458. The maximum atomic E-state index is 10.5. The van der Waals surface area contributed by atoms with Crippen LogP contribution in [0, 0.1) is 10.1 Å². The van der Waals surface area contributed by atoms with Crippen LogP contribution in [0.3, 0.4) is 0 Å². The molecule has 1 aromatic rings. The highest BCUT2D eigenvalue weighted by molar-refractivity contribution is 6.33. The Labute approximate surface area is 98.9 Å². The number of non-ortho nitro benzene ring substituents is 1. The van der Waals surface area contributed by atoms with Crippen LogP contribution in [0.5, 0.6) is 0 Å². The Hall–Kier alpha value is -1.33. The smallest absolute Gasteiger partial charge is 0.271 e. The number of hydrogen-bond donors (Lipinski definition) is 2. The first-order chi connectivity index (χ1) is 7.65. The van der Waals surface area contributed by atoms with Crippen molar-refractivity contribution in [1.29, 1.82) is 0 Å². The molecule has 1 aromatic carbocycles. The molecule has 0 bridgehead atoms. The van der Waals surface area contributed by atoms with Gasteiger partial charge in [-0.15, -0.1) is 0 Å². The number of benzene rings is 1. The number of anilines is 1. The zero-order chi connectivity index (χ0) is 12.0. The number of nitrogens with zero attached hydrogens (tertiary/aromatic N) is 1. The molecule has 0 radical (unpaired) electrons. The lowest BCUT2D eigenvalue weighted by atomic mass is 10.3. The molecule has 0 unspecified atom stereocenters. The van der Waals surface area contributed by atoms with Gasteiger partial charge < -0.3 is 10.6 Å². The van der Waals surface area contributed by atoms with Crippen molar-refractivity contribution in [3.05, 3.63) is 33.3 Å². The summed E-state index contributed by atoms with van der Waals surface area (Å²) in [4.78, 5) is 10.0. The summed E-state index contributed by atoms with van der Waals surface area (Å²) in [5, 5.41) is 16.2. The number of rotatable bonds is 6. The Morgan fingerprint density at radius 1 is 1.56 bits per heavy atom. The van der Waals surface area contributed by atoms with E-state index < -0.39 is 4.92 Å². The lowest BCUT2D eigenvalue weighted by Gasteiger charge is -2.06. The molecule has 88 valence electrons. The van der Waals surface area contributed by atoms with E-state index in [0.29, 0.717) is 5.02 Å². The molecular weight excluding hydrogens is 230 g/mol. The molecule has 3 N–H and O–H groups in total. The summed E-state index contributed by atoms with van der Waals surface area (Å²) in [5.74, 6) is 0. The summed E-state index contributed by atoms with van der Waals surface area (Å²) in [6.45, 7) is 4.85. The Morgan fingerprint density at radius 3 is 2.88 bits per heavy atom. The summed E-state index contributed by atoms with van der Waals surface area (Å²) in [7, 11) is 0. The fourth-order valence-corrected chi connectivity index (χ4v) is 1.52. The molecule has 0 fully saturated rings. The van der Waals surface area contributed by atoms with E-state index in [-0.39, 0.29) is 5.69 Å². The minimum Gasteiger partial charge on any atom is -0.378 e. The maximum absolute atomic E-state index is 10.5. The van der Waals surface area contributed by atoms with Crippen molar-refractivity contribution in [2.24, 2.45) is 0 Å². The standard InChI is InChI=1S/C10H14ClN3O2/c1-2-12-5-6-13-10-4-3-8(14(15)16)7-9(10)11/h3-4,7,12-13H,2,5-6H2,1H3/p+1. The van der Waals surface area contributed by atoms with Crippen LogP contribution in [0.4, 0.5) is 11.4 Å². The Bertz CT molecular complexity index is 371. The van der Waals surface area contributed by atoms with Crippen LogP contribution >= 0.6 is 11.6 Å². The molecule has 0 spiro atoms. The monoisotopic (exact) mass is 244 g/mol. The largest absolute Gasteiger partial charge is 0.378 e. The molecule has 0 aliphatic heterocycles. The Kier molecular flexibility index (Phi) is 5.01. The summed E-state index contributed by atoms with van der Waals surface area (Å²) in [6, 6.07) is 4.43. The number of hydrogen-bond acceptors (Lipinski definition) is 3. The lowest BCUT2D eigenvalue weighted by Crippen LogP contribution is -2.84. The topological polar surface area (TPSA) is 71.8 Å². The van der Waals surface area contributed by atoms with E-state index >= 15 is 0 Å². The predicted molar refractivity (Wildman–Crippen MR) is 63.9 cm³/mol. The van der Waals surface area contributed by atoms with Crippen LogP contribution in [0.25, 0.3) is 0 Å². The number of likely N-dealkylation sites (N-methyl/N-ethyl adjacent to an activating group) is 1. The molecule has 0 saturated heterocycles. The fourth-order valence-electron chi connectivity index (χ4n) is 1.27. The molecule has 5 nitrogen and oxygen atoms in total. The third-order valence-electron chi connectivity index (χ3n) is 2.12. The van der Waals surface area contributed by atoms with Crippen LogP contribution < -0.4 is 10.6 Å². The van der Waals surface area contributed by atoms with Gasteiger partial charge >= 0.3 is 0 Å². The first-order valence-electron chi connectivity index (χ1n) is 5.14. The molecular formula is C10H15ClN3O2+. The average Bonchev–Trinajstić information content (AvgIpc) is 2.26. The van der Waals surface area contributed by atoms with E-state index in [2.05, 4.69) is 17.6 Å². The van der Waals surface area contributed by atoms with Gasteiger partial charge in [0.15, 0.2) is 0 Å². The number of nitrogens with two attached hydrogens (primary N) is 1. The van der Waals surface area contributed by atoms with Crippen molar-refractivity contribution in [2.75, 3.05) is 25.0 Å². The van der Waals surface area contributed by atoms with E-state index in [4.69, 9.17) is 11.6 Å². The summed E-state index contributed by atoms with van der Waals surface area (Å²) in [6.07, 6.45) is 0. The van der Waals surface area contributed by atoms with E-state index in [1.165, 1.54) is 12.1 Å². The van der Waals surface area contributed by atoms with Gasteiger partial charge in [-0.05, 0) is 13.0 Å². The second-order valence-electron chi connectivity index (χ2n) is 3.33. The maximum Gasteiger partial charge on any atom is 0.271 e. The van der Waals surface area contributed by atoms with E-state index in [9.17, 15) is 10.1 Å². The second-order valence-corrected chi connectivity index (χ2v) is 3.74. The molecule has 0 saturated carbocycles. The van der Waals surface area contributed by atoms with Gasteiger partial charge in [-0.3, -0.25) is 10.1 Å². The van der Waals surface area contributed by atoms with Crippen molar-refractivity contribution in [3.63, 3.8) is 0 Å². The summed E-state index contributed by atoms with van der Waals surface area (Å²) >= 11 is 5.91. The highest BCUT2D eigenvalue weighted by Crippen LogP contribution is 2.26. The number of nitro benzene ring substituents is 1. The van der Waals surface area contributed by atoms with Crippen molar-refractivity contribution in [3.8, 4) is 0 Å². The van der Waals surface area contributed by atoms with E-state index in [1.807, 2.05) is 0 Å². The number of nitro groups is 1. The third kappa shape index (κ3) is 3.67. The molecule has 0 aromatic heterocycles. The van der Waals surface area contributed by atoms with Gasteiger partial charge in [-0.2, -0.15) is 0 Å². The van der Waals surface area contributed by atoms with Gasteiger partial charge in [0, 0.05) is 12.1 Å². The van der Waals surface area contributed by atoms with Crippen LogP contribution in [-0.2, 0) is 0 Å². The number of halogens is 1.